The van der Waals surface area contributed by atoms with E-state index in [0.29, 0.717) is 11.4 Å². The summed E-state index contributed by atoms with van der Waals surface area (Å²) >= 11 is 0. The highest BCUT2D eigenvalue weighted by molar-refractivity contribution is 7.89. The maximum Gasteiger partial charge on any atom is 0.240 e. The van der Waals surface area contributed by atoms with Gasteiger partial charge in [0.25, 0.3) is 0 Å². The predicted molar refractivity (Wildman–Crippen MR) is 91.0 cm³/mol. The van der Waals surface area contributed by atoms with E-state index < -0.39 is 10.0 Å². The molecule has 0 radical (unpaired) electrons. The Balaban J connectivity index is 1.67. The normalized spacial score (nSPS) is 18.3. The average molecular weight is 331 g/mol. The zero-order chi connectivity index (χ0) is 16.3. The van der Waals surface area contributed by atoms with E-state index in [4.69, 9.17) is 0 Å². The van der Waals surface area contributed by atoms with E-state index in [1.165, 1.54) is 0 Å². The van der Waals surface area contributed by atoms with Crippen LogP contribution in [0.25, 0.3) is 0 Å². The SMILES string of the molecule is CCc1ccc(S(=O)(=O)NC2CCN(c3ccccn3)C2)cc1. The largest absolute Gasteiger partial charge is 0.355 e. The van der Waals surface area contributed by atoms with Crippen LogP contribution in [0, 0.1) is 0 Å². The number of rotatable bonds is 5. The first-order valence-electron chi connectivity index (χ1n) is 7.86. The van der Waals surface area contributed by atoms with Crippen LogP contribution in [0.15, 0.2) is 53.6 Å². The lowest BCUT2D eigenvalue weighted by molar-refractivity contribution is 0.561. The number of aryl methyl sites for hydroxylation is 1. The van der Waals surface area contributed by atoms with E-state index in [1.54, 1.807) is 18.3 Å². The minimum atomic E-state index is -3.47. The van der Waals surface area contributed by atoms with Crippen molar-refractivity contribution in [3.8, 4) is 0 Å². The summed E-state index contributed by atoms with van der Waals surface area (Å²) < 4.78 is 27.8. The van der Waals surface area contributed by atoms with Gasteiger partial charge in [0, 0.05) is 25.3 Å². The molecule has 0 bridgehead atoms. The Labute approximate surface area is 137 Å². The molecule has 1 unspecified atom stereocenters. The van der Waals surface area contributed by atoms with Gasteiger partial charge in [-0.2, -0.15) is 0 Å². The molecule has 0 aliphatic carbocycles. The van der Waals surface area contributed by atoms with E-state index in [-0.39, 0.29) is 6.04 Å². The van der Waals surface area contributed by atoms with Crippen LogP contribution in [0.3, 0.4) is 0 Å². The molecule has 0 amide bonds. The van der Waals surface area contributed by atoms with E-state index in [2.05, 4.69) is 14.6 Å². The topological polar surface area (TPSA) is 62.3 Å². The van der Waals surface area contributed by atoms with Gasteiger partial charge in [-0.3, -0.25) is 0 Å². The Kier molecular flexibility index (Phi) is 4.63. The van der Waals surface area contributed by atoms with Crippen molar-refractivity contribution in [3.63, 3.8) is 0 Å². The van der Waals surface area contributed by atoms with Crippen LogP contribution in [0.5, 0.6) is 0 Å². The minimum absolute atomic E-state index is 0.0899. The predicted octanol–water partition coefficient (Wildman–Crippen LogP) is 2.20. The number of sulfonamides is 1. The molecule has 1 aliphatic rings. The minimum Gasteiger partial charge on any atom is -0.355 e. The van der Waals surface area contributed by atoms with E-state index in [9.17, 15) is 8.42 Å². The van der Waals surface area contributed by atoms with Crippen LogP contribution in [-0.4, -0.2) is 32.5 Å². The standard InChI is InChI=1S/C17H21N3O2S/c1-2-14-6-8-16(9-7-14)23(21,22)19-15-10-12-20(13-15)17-5-3-4-11-18-17/h3-9,11,15,19H,2,10,12-13H2,1H3. The van der Waals surface area contributed by atoms with Gasteiger partial charge in [0.2, 0.25) is 10.0 Å². The molecule has 0 saturated carbocycles. The molecule has 1 N–H and O–H groups in total. The fourth-order valence-corrected chi connectivity index (χ4v) is 4.06. The number of benzene rings is 1. The molecule has 1 fully saturated rings. The lowest BCUT2D eigenvalue weighted by Crippen LogP contribution is -2.37. The number of hydrogen-bond acceptors (Lipinski definition) is 4. The van der Waals surface area contributed by atoms with Gasteiger partial charge in [-0.25, -0.2) is 18.1 Å². The number of aromatic nitrogens is 1. The summed E-state index contributed by atoms with van der Waals surface area (Å²) in [5.41, 5.74) is 1.13. The van der Waals surface area contributed by atoms with Crippen molar-refractivity contribution in [1.29, 1.82) is 0 Å². The van der Waals surface area contributed by atoms with Crippen LogP contribution < -0.4 is 9.62 Å². The molecular weight excluding hydrogens is 310 g/mol. The van der Waals surface area contributed by atoms with Crippen molar-refractivity contribution in [2.75, 3.05) is 18.0 Å². The molecule has 2 heterocycles. The van der Waals surface area contributed by atoms with Gasteiger partial charge >= 0.3 is 0 Å². The van der Waals surface area contributed by atoms with Crippen LogP contribution in [-0.2, 0) is 16.4 Å². The molecule has 23 heavy (non-hydrogen) atoms. The summed E-state index contributed by atoms with van der Waals surface area (Å²) in [6.07, 6.45) is 3.43. The zero-order valence-electron chi connectivity index (χ0n) is 13.1. The first-order valence-corrected chi connectivity index (χ1v) is 9.34. The Bertz CT molecular complexity index is 745. The van der Waals surface area contributed by atoms with Gasteiger partial charge in [-0.05, 0) is 42.7 Å². The molecule has 3 rings (SSSR count). The highest BCUT2D eigenvalue weighted by Gasteiger charge is 2.27. The number of nitrogens with one attached hydrogen (secondary N) is 1. The maximum absolute atomic E-state index is 12.5. The average Bonchev–Trinajstić information content (AvgIpc) is 3.03. The maximum atomic E-state index is 12.5. The Morgan fingerprint density at radius 2 is 2.00 bits per heavy atom. The monoisotopic (exact) mass is 331 g/mol. The van der Waals surface area contributed by atoms with Gasteiger partial charge in [0.1, 0.15) is 5.82 Å². The summed E-state index contributed by atoms with van der Waals surface area (Å²) in [5.74, 6) is 0.890. The lowest BCUT2D eigenvalue weighted by Gasteiger charge is -2.17. The smallest absolute Gasteiger partial charge is 0.240 e. The molecule has 1 aromatic heterocycles. The van der Waals surface area contributed by atoms with Crippen LogP contribution in [0.1, 0.15) is 18.9 Å². The number of pyridine rings is 1. The summed E-state index contributed by atoms with van der Waals surface area (Å²) in [6.45, 7) is 3.49. The zero-order valence-corrected chi connectivity index (χ0v) is 14.0. The van der Waals surface area contributed by atoms with Gasteiger partial charge < -0.3 is 4.90 Å². The molecule has 1 saturated heterocycles. The Morgan fingerprint density at radius 3 is 2.65 bits per heavy atom. The molecule has 2 aromatic rings. The van der Waals surface area contributed by atoms with Crippen molar-refractivity contribution in [2.45, 2.75) is 30.7 Å². The number of anilines is 1. The third-order valence-corrected chi connectivity index (χ3v) is 5.66. The third kappa shape index (κ3) is 3.71. The summed E-state index contributed by atoms with van der Waals surface area (Å²) in [5, 5.41) is 0. The van der Waals surface area contributed by atoms with Gasteiger partial charge in [0.15, 0.2) is 0 Å². The second kappa shape index (κ2) is 6.68. The number of hydrogen-bond donors (Lipinski definition) is 1. The second-order valence-electron chi connectivity index (χ2n) is 5.74. The summed E-state index contributed by atoms with van der Waals surface area (Å²) in [7, 11) is -3.47. The van der Waals surface area contributed by atoms with E-state index >= 15 is 0 Å². The van der Waals surface area contributed by atoms with E-state index in [0.717, 1.165) is 30.8 Å². The van der Waals surface area contributed by atoms with Crippen molar-refractivity contribution in [3.05, 3.63) is 54.2 Å². The Morgan fingerprint density at radius 1 is 1.22 bits per heavy atom. The molecule has 1 aliphatic heterocycles. The van der Waals surface area contributed by atoms with Gasteiger partial charge in [0.05, 0.1) is 4.90 Å². The highest BCUT2D eigenvalue weighted by Crippen LogP contribution is 2.19. The fraction of sp³-hybridized carbons (Fsp3) is 0.353. The molecule has 1 atom stereocenters. The number of nitrogens with zero attached hydrogens (tertiary/aromatic N) is 2. The summed E-state index contributed by atoms with van der Waals surface area (Å²) in [6, 6.07) is 12.7. The van der Waals surface area contributed by atoms with Gasteiger partial charge in [-0.1, -0.05) is 25.1 Å². The Hall–Kier alpha value is -1.92. The first kappa shape index (κ1) is 16.0. The molecule has 5 nitrogen and oxygen atoms in total. The fourth-order valence-electron chi connectivity index (χ4n) is 2.80. The molecular formula is C17H21N3O2S. The van der Waals surface area contributed by atoms with Crippen molar-refractivity contribution >= 4 is 15.8 Å². The highest BCUT2D eigenvalue weighted by atomic mass is 32.2. The second-order valence-corrected chi connectivity index (χ2v) is 7.45. The van der Waals surface area contributed by atoms with Crippen molar-refractivity contribution < 1.29 is 8.42 Å². The third-order valence-electron chi connectivity index (χ3n) is 4.13. The van der Waals surface area contributed by atoms with Crippen LogP contribution in [0.2, 0.25) is 0 Å². The van der Waals surface area contributed by atoms with Crippen LogP contribution >= 0.6 is 0 Å². The quantitative estimate of drug-likeness (QED) is 0.912. The van der Waals surface area contributed by atoms with Gasteiger partial charge in [-0.15, -0.1) is 0 Å². The molecule has 6 heteroatoms. The van der Waals surface area contributed by atoms with Crippen LogP contribution in [0.4, 0.5) is 5.82 Å². The van der Waals surface area contributed by atoms with Crippen molar-refractivity contribution in [2.24, 2.45) is 0 Å². The summed E-state index contributed by atoms with van der Waals surface area (Å²) in [4.78, 5) is 6.75. The molecule has 122 valence electrons. The first-order chi connectivity index (χ1) is 11.1. The van der Waals surface area contributed by atoms with E-state index in [1.807, 2.05) is 37.3 Å². The molecule has 1 aromatic carbocycles. The molecule has 0 spiro atoms. The lowest BCUT2D eigenvalue weighted by atomic mass is 10.2. The van der Waals surface area contributed by atoms with Crippen molar-refractivity contribution in [1.82, 2.24) is 9.71 Å².